The quantitative estimate of drug-likeness (QED) is 0.732. The molecule has 7 heteroatoms. The van der Waals surface area contributed by atoms with Crippen molar-refractivity contribution in [2.75, 3.05) is 37.6 Å². The number of anilines is 1. The summed E-state index contributed by atoms with van der Waals surface area (Å²) in [5, 5.41) is 6.17. The molecule has 0 spiro atoms. The Balaban J connectivity index is 1.72. The Morgan fingerprint density at radius 2 is 1.96 bits per heavy atom. The third kappa shape index (κ3) is 2.72. The second-order valence-electron chi connectivity index (χ2n) is 5.89. The van der Waals surface area contributed by atoms with E-state index >= 15 is 0 Å². The van der Waals surface area contributed by atoms with E-state index in [2.05, 4.69) is 31.8 Å². The molecular formula is C17H19ClN6. The average molecular weight is 343 g/mol. The predicted octanol–water partition coefficient (Wildman–Crippen LogP) is 2.61. The lowest BCUT2D eigenvalue weighted by atomic mass is 10.2. The minimum atomic E-state index is 0.682. The molecule has 1 aromatic carbocycles. The summed E-state index contributed by atoms with van der Waals surface area (Å²) in [6.07, 6.45) is 3.46. The molecule has 124 valence electrons. The number of piperazine rings is 1. The molecule has 1 aliphatic rings. The van der Waals surface area contributed by atoms with Gasteiger partial charge in [-0.1, -0.05) is 24.6 Å². The van der Waals surface area contributed by atoms with Crippen molar-refractivity contribution in [2.45, 2.75) is 6.92 Å². The van der Waals surface area contributed by atoms with Crippen LogP contribution in [0, 0.1) is 0 Å². The molecule has 1 aliphatic heterocycles. The Hall–Kier alpha value is -2.18. The fourth-order valence-corrected chi connectivity index (χ4v) is 3.34. The van der Waals surface area contributed by atoms with Crippen molar-refractivity contribution in [2.24, 2.45) is 0 Å². The van der Waals surface area contributed by atoms with Gasteiger partial charge in [0.15, 0.2) is 5.65 Å². The first-order chi connectivity index (χ1) is 11.8. The molecule has 0 bridgehead atoms. The van der Waals surface area contributed by atoms with Crippen LogP contribution in [0.2, 0.25) is 5.02 Å². The summed E-state index contributed by atoms with van der Waals surface area (Å²) in [5.74, 6) is 0.962. The fraction of sp³-hybridized carbons (Fsp3) is 0.353. The summed E-state index contributed by atoms with van der Waals surface area (Å²) in [4.78, 5) is 13.7. The van der Waals surface area contributed by atoms with Gasteiger partial charge in [-0.05, 0) is 24.7 Å². The molecule has 0 aliphatic carbocycles. The summed E-state index contributed by atoms with van der Waals surface area (Å²) < 4.78 is 1.81. The van der Waals surface area contributed by atoms with Gasteiger partial charge >= 0.3 is 0 Å². The molecule has 1 fully saturated rings. The number of rotatable bonds is 3. The predicted molar refractivity (Wildman–Crippen MR) is 96.0 cm³/mol. The zero-order valence-corrected chi connectivity index (χ0v) is 14.3. The molecule has 0 radical (unpaired) electrons. The second-order valence-corrected chi connectivity index (χ2v) is 6.33. The van der Waals surface area contributed by atoms with Crippen molar-refractivity contribution in [3.63, 3.8) is 0 Å². The Kier molecular flexibility index (Phi) is 4.08. The first-order valence-electron chi connectivity index (χ1n) is 8.18. The van der Waals surface area contributed by atoms with Gasteiger partial charge in [0.2, 0.25) is 0 Å². The van der Waals surface area contributed by atoms with Gasteiger partial charge in [0.25, 0.3) is 0 Å². The maximum atomic E-state index is 6.11. The number of likely N-dealkylation sites (N-methyl/N-ethyl adjacent to an activating group) is 1. The summed E-state index contributed by atoms with van der Waals surface area (Å²) in [6, 6.07) is 7.62. The van der Waals surface area contributed by atoms with E-state index < -0.39 is 0 Å². The fourth-order valence-electron chi connectivity index (χ4n) is 3.16. The van der Waals surface area contributed by atoms with Gasteiger partial charge in [-0.15, -0.1) is 0 Å². The molecule has 24 heavy (non-hydrogen) atoms. The normalized spacial score (nSPS) is 16.0. The van der Waals surface area contributed by atoms with Crippen LogP contribution in [0.4, 0.5) is 5.82 Å². The SMILES string of the molecule is CCN1CCN(c2ncnc3c2cnn3-c2cccc(Cl)c2)CC1. The summed E-state index contributed by atoms with van der Waals surface area (Å²) in [5.41, 5.74) is 1.71. The molecule has 3 aromatic rings. The maximum Gasteiger partial charge on any atom is 0.168 e. The molecule has 0 atom stereocenters. The first-order valence-corrected chi connectivity index (χ1v) is 8.56. The smallest absolute Gasteiger partial charge is 0.168 e. The summed E-state index contributed by atoms with van der Waals surface area (Å²) in [7, 11) is 0. The summed E-state index contributed by atoms with van der Waals surface area (Å²) >= 11 is 6.11. The number of benzene rings is 1. The van der Waals surface area contributed by atoms with E-state index in [1.165, 1.54) is 0 Å². The van der Waals surface area contributed by atoms with Gasteiger partial charge in [0.1, 0.15) is 12.1 Å². The minimum absolute atomic E-state index is 0.682. The topological polar surface area (TPSA) is 50.1 Å². The van der Waals surface area contributed by atoms with Gasteiger partial charge in [-0.25, -0.2) is 14.6 Å². The van der Waals surface area contributed by atoms with E-state index in [-0.39, 0.29) is 0 Å². The number of aromatic nitrogens is 4. The largest absolute Gasteiger partial charge is 0.353 e. The Morgan fingerprint density at radius 1 is 1.12 bits per heavy atom. The van der Waals surface area contributed by atoms with Gasteiger partial charge in [0.05, 0.1) is 17.3 Å². The highest BCUT2D eigenvalue weighted by atomic mass is 35.5. The second kappa shape index (κ2) is 6.37. The molecule has 2 aromatic heterocycles. The highest BCUT2D eigenvalue weighted by Crippen LogP contribution is 2.26. The van der Waals surface area contributed by atoms with Crippen LogP contribution >= 0.6 is 11.6 Å². The van der Waals surface area contributed by atoms with E-state index in [9.17, 15) is 0 Å². The highest BCUT2D eigenvalue weighted by molar-refractivity contribution is 6.30. The number of halogens is 1. The Morgan fingerprint density at radius 3 is 2.71 bits per heavy atom. The van der Waals surface area contributed by atoms with Gasteiger partial charge < -0.3 is 9.80 Å². The number of hydrogen-bond acceptors (Lipinski definition) is 5. The molecule has 0 amide bonds. The molecule has 6 nitrogen and oxygen atoms in total. The van der Waals surface area contributed by atoms with Crippen LogP contribution in [0.15, 0.2) is 36.8 Å². The van der Waals surface area contributed by atoms with Crippen molar-refractivity contribution in [3.8, 4) is 5.69 Å². The third-order valence-corrected chi connectivity index (χ3v) is 4.75. The van der Waals surface area contributed by atoms with Gasteiger partial charge in [-0.2, -0.15) is 5.10 Å². The lowest BCUT2D eigenvalue weighted by Crippen LogP contribution is -2.46. The number of hydrogen-bond donors (Lipinski definition) is 0. The van der Waals surface area contributed by atoms with E-state index in [0.717, 1.165) is 55.3 Å². The average Bonchev–Trinajstić information content (AvgIpc) is 3.06. The standard InChI is InChI=1S/C17H19ClN6/c1-2-22-6-8-23(9-7-22)16-15-11-21-24(17(15)20-12-19-16)14-5-3-4-13(18)10-14/h3-5,10-12H,2,6-9H2,1H3. The Bertz CT molecular complexity index is 853. The lowest BCUT2D eigenvalue weighted by Gasteiger charge is -2.34. The maximum absolute atomic E-state index is 6.11. The van der Waals surface area contributed by atoms with Crippen LogP contribution in [0.5, 0.6) is 0 Å². The van der Waals surface area contributed by atoms with Crippen LogP contribution in [-0.2, 0) is 0 Å². The van der Waals surface area contributed by atoms with Crippen molar-refractivity contribution < 1.29 is 0 Å². The van der Waals surface area contributed by atoms with E-state index in [1.54, 1.807) is 6.33 Å². The molecule has 0 N–H and O–H groups in total. The molecular weight excluding hydrogens is 324 g/mol. The van der Waals surface area contributed by atoms with E-state index in [4.69, 9.17) is 11.6 Å². The third-order valence-electron chi connectivity index (χ3n) is 4.52. The number of fused-ring (bicyclic) bond motifs is 1. The molecule has 0 unspecified atom stereocenters. The zero-order valence-electron chi connectivity index (χ0n) is 13.6. The first kappa shape index (κ1) is 15.4. The lowest BCUT2D eigenvalue weighted by molar-refractivity contribution is 0.271. The van der Waals surface area contributed by atoms with E-state index in [0.29, 0.717) is 5.02 Å². The van der Waals surface area contributed by atoms with Crippen molar-refractivity contribution in [3.05, 3.63) is 41.8 Å². The van der Waals surface area contributed by atoms with Crippen molar-refractivity contribution >= 4 is 28.5 Å². The van der Waals surface area contributed by atoms with Gasteiger partial charge in [-0.3, -0.25) is 0 Å². The number of nitrogens with zero attached hydrogens (tertiary/aromatic N) is 6. The van der Waals surface area contributed by atoms with Crippen LogP contribution < -0.4 is 4.90 Å². The highest BCUT2D eigenvalue weighted by Gasteiger charge is 2.20. The van der Waals surface area contributed by atoms with Crippen LogP contribution in [-0.4, -0.2) is 57.4 Å². The van der Waals surface area contributed by atoms with Gasteiger partial charge in [0, 0.05) is 31.2 Å². The van der Waals surface area contributed by atoms with Crippen LogP contribution in [0.1, 0.15) is 6.92 Å². The summed E-state index contributed by atoms with van der Waals surface area (Å²) in [6.45, 7) is 7.37. The molecule has 1 saturated heterocycles. The van der Waals surface area contributed by atoms with Crippen molar-refractivity contribution in [1.29, 1.82) is 0 Å². The molecule has 0 saturated carbocycles. The minimum Gasteiger partial charge on any atom is -0.353 e. The van der Waals surface area contributed by atoms with E-state index in [1.807, 2.05) is 35.1 Å². The van der Waals surface area contributed by atoms with Crippen molar-refractivity contribution in [1.82, 2.24) is 24.6 Å². The molecule has 4 rings (SSSR count). The van der Waals surface area contributed by atoms with Crippen LogP contribution in [0.3, 0.4) is 0 Å². The van der Waals surface area contributed by atoms with Crippen LogP contribution in [0.25, 0.3) is 16.7 Å². The Labute approximate surface area is 145 Å². The molecule has 3 heterocycles. The zero-order chi connectivity index (χ0) is 16.5. The monoisotopic (exact) mass is 342 g/mol.